The van der Waals surface area contributed by atoms with Crippen LogP contribution in [0.5, 0.6) is 0 Å². The summed E-state index contributed by atoms with van der Waals surface area (Å²) in [6.07, 6.45) is 4.78. The van der Waals surface area contributed by atoms with Gasteiger partial charge in [0.2, 0.25) is 5.91 Å². The Kier molecular flexibility index (Phi) is 5.63. The molecule has 3 nitrogen and oxygen atoms in total. The lowest BCUT2D eigenvalue weighted by molar-refractivity contribution is -0.135. The summed E-state index contributed by atoms with van der Waals surface area (Å²) in [5.41, 5.74) is 5.58. The molecule has 0 aromatic carbocycles. The zero-order chi connectivity index (χ0) is 12.3. The van der Waals surface area contributed by atoms with Gasteiger partial charge in [0.25, 0.3) is 0 Å². The smallest absolute Gasteiger partial charge is 0.242 e. The second-order valence-electron chi connectivity index (χ2n) is 4.92. The highest BCUT2D eigenvalue weighted by Crippen LogP contribution is 2.28. The van der Waals surface area contributed by atoms with E-state index in [9.17, 15) is 4.79 Å². The number of hydrogen-bond donors (Lipinski definition) is 1. The average molecular weight is 289 g/mol. The molecule has 1 aliphatic carbocycles. The molecule has 0 bridgehead atoms. The molecule has 1 saturated carbocycles. The molecule has 5 heteroatoms. The van der Waals surface area contributed by atoms with Gasteiger partial charge in [-0.25, -0.2) is 0 Å². The molecule has 102 valence electrons. The van der Waals surface area contributed by atoms with E-state index in [-0.39, 0.29) is 18.3 Å². The van der Waals surface area contributed by atoms with Crippen molar-refractivity contribution in [2.75, 3.05) is 13.6 Å². The van der Waals surface area contributed by atoms with Crippen LogP contribution in [0.15, 0.2) is 17.5 Å². The van der Waals surface area contributed by atoms with Crippen LogP contribution >= 0.6 is 23.7 Å². The van der Waals surface area contributed by atoms with Crippen LogP contribution in [-0.2, 0) is 11.2 Å². The van der Waals surface area contributed by atoms with Crippen molar-refractivity contribution >= 4 is 29.7 Å². The van der Waals surface area contributed by atoms with E-state index >= 15 is 0 Å². The third kappa shape index (κ3) is 3.46. The number of nitrogens with two attached hydrogens (primary N) is 1. The predicted molar refractivity (Wildman–Crippen MR) is 78.3 cm³/mol. The molecule has 18 heavy (non-hydrogen) atoms. The first-order valence-corrected chi connectivity index (χ1v) is 7.07. The molecular formula is C13H21ClN2OS. The molecule has 0 saturated heterocycles. The van der Waals surface area contributed by atoms with Crippen LogP contribution < -0.4 is 5.73 Å². The van der Waals surface area contributed by atoms with Gasteiger partial charge in [-0.15, -0.1) is 23.7 Å². The lowest BCUT2D eigenvalue weighted by Gasteiger charge is -2.28. The van der Waals surface area contributed by atoms with Crippen molar-refractivity contribution in [1.29, 1.82) is 0 Å². The number of carbonyl (C=O) groups excluding carboxylic acids is 1. The molecule has 0 spiro atoms. The first kappa shape index (κ1) is 15.5. The van der Waals surface area contributed by atoms with E-state index in [4.69, 9.17) is 5.73 Å². The molecule has 0 aliphatic heterocycles. The summed E-state index contributed by atoms with van der Waals surface area (Å²) in [7, 11) is 1.86. The van der Waals surface area contributed by atoms with Crippen LogP contribution in [-0.4, -0.2) is 29.9 Å². The number of likely N-dealkylation sites (N-methyl/N-ethyl adjacent to an activating group) is 1. The molecule has 0 atom stereocenters. The van der Waals surface area contributed by atoms with Gasteiger partial charge >= 0.3 is 0 Å². The minimum Gasteiger partial charge on any atom is -0.344 e. The van der Waals surface area contributed by atoms with E-state index in [1.807, 2.05) is 13.1 Å². The number of amides is 1. The number of nitrogens with zero attached hydrogens (tertiary/aromatic N) is 1. The second-order valence-corrected chi connectivity index (χ2v) is 5.95. The molecule has 0 radical (unpaired) electrons. The van der Waals surface area contributed by atoms with Crippen LogP contribution in [0.2, 0.25) is 0 Å². The first-order valence-electron chi connectivity index (χ1n) is 6.19. The second kappa shape index (κ2) is 6.55. The van der Waals surface area contributed by atoms with Gasteiger partial charge < -0.3 is 10.6 Å². The van der Waals surface area contributed by atoms with Crippen LogP contribution in [0, 0.1) is 0 Å². The number of rotatable bonds is 4. The van der Waals surface area contributed by atoms with Gasteiger partial charge in [-0.05, 0) is 30.7 Å². The maximum absolute atomic E-state index is 12.2. The Bertz CT molecular complexity index is 374. The summed E-state index contributed by atoms with van der Waals surface area (Å²) in [5, 5.41) is 2.07. The van der Waals surface area contributed by atoms with E-state index < -0.39 is 5.54 Å². The molecular weight excluding hydrogens is 268 g/mol. The Morgan fingerprint density at radius 1 is 1.50 bits per heavy atom. The van der Waals surface area contributed by atoms with Crippen molar-refractivity contribution < 1.29 is 4.79 Å². The van der Waals surface area contributed by atoms with Gasteiger partial charge in [0.05, 0.1) is 5.54 Å². The summed E-state index contributed by atoms with van der Waals surface area (Å²) >= 11 is 1.74. The van der Waals surface area contributed by atoms with Crippen molar-refractivity contribution in [3.63, 3.8) is 0 Å². The summed E-state index contributed by atoms with van der Waals surface area (Å²) in [5.74, 6) is 0.117. The van der Waals surface area contributed by atoms with Crippen molar-refractivity contribution in [3.8, 4) is 0 Å². The molecule has 1 fully saturated rings. The van der Waals surface area contributed by atoms with E-state index in [0.717, 1.165) is 38.6 Å². The highest BCUT2D eigenvalue weighted by molar-refractivity contribution is 7.09. The molecule has 1 heterocycles. The standard InChI is InChI=1S/C13H20N2OS.ClH/c1-15(9-6-11-5-4-10-17-11)12(16)13(14)7-2-3-8-13;/h4-5,10H,2-3,6-9,14H2,1H3;1H. The van der Waals surface area contributed by atoms with Crippen molar-refractivity contribution in [1.82, 2.24) is 4.90 Å². The quantitative estimate of drug-likeness (QED) is 0.925. The van der Waals surface area contributed by atoms with Gasteiger partial charge in [-0.1, -0.05) is 18.9 Å². The average Bonchev–Trinajstić information content (AvgIpc) is 2.96. The topological polar surface area (TPSA) is 46.3 Å². The Morgan fingerprint density at radius 3 is 2.72 bits per heavy atom. The highest BCUT2D eigenvalue weighted by Gasteiger charge is 2.38. The van der Waals surface area contributed by atoms with Crippen molar-refractivity contribution in [3.05, 3.63) is 22.4 Å². The van der Waals surface area contributed by atoms with Crippen molar-refractivity contribution in [2.45, 2.75) is 37.6 Å². The lowest BCUT2D eigenvalue weighted by atomic mass is 9.97. The molecule has 0 unspecified atom stereocenters. The number of carbonyl (C=O) groups is 1. The molecule has 2 rings (SSSR count). The van der Waals surface area contributed by atoms with Gasteiger partial charge in [-0.2, -0.15) is 0 Å². The number of halogens is 1. The van der Waals surface area contributed by atoms with E-state index in [1.54, 1.807) is 16.2 Å². The van der Waals surface area contributed by atoms with E-state index in [1.165, 1.54) is 4.88 Å². The van der Waals surface area contributed by atoms with E-state index in [0.29, 0.717) is 0 Å². The maximum Gasteiger partial charge on any atom is 0.242 e. The van der Waals surface area contributed by atoms with Crippen molar-refractivity contribution in [2.24, 2.45) is 5.73 Å². The van der Waals surface area contributed by atoms with Crippen LogP contribution in [0.1, 0.15) is 30.6 Å². The first-order chi connectivity index (χ1) is 8.12. The molecule has 1 aromatic heterocycles. The highest BCUT2D eigenvalue weighted by atomic mass is 35.5. The fourth-order valence-corrected chi connectivity index (χ4v) is 3.13. The van der Waals surface area contributed by atoms with Crippen LogP contribution in [0.3, 0.4) is 0 Å². The minimum atomic E-state index is -0.579. The summed E-state index contributed by atoms with van der Waals surface area (Å²) < 4.78 is 0. The van der Waals surface area contributed by atoms with Gasteiger partial charge in [-0.3, -0.25) is 4.79 Å². The Morgan fingerprint density at radius 2 is 2.17 bits per heavy atom. The third-order valence-corrected chi connectivity index (χ3v) is 4.48. The Balaban J connectivity index is 0.00000162. The Labute approximate surface area is 119 Å². The third-order valence-electron chi connectivity index (χ3n) is 3.54. The molecule has 1 aromatic rings. The molecule has 1 aliphatic rings. The largest absolute Gasteiger partial charge is 0.344 e. The predicted octanol–water partition coefficient (Wildman–Crippen LogP) is 2.44. The number of thiophene rings is 1. The van der Waals surface area contributed by atoms with Gasteiger partial charge in [0, 0.05) is 18.5 Å². The Hall–Kier alpha value is -0.580. The SMILES string of the molecule is CN(CCc1cccs1)C(=O)C1(N)CCCC1.Cl. The zero-order valence-corrected chi connectivity index (χ0v) is 12.4. The fraction of sp³-hybridized carbons (Fsp3) is 0.615. The van der Waals surface area contributed by atoms with Crippen LogP contribution in [0.25, 0.3) is 0 Å². The van der Waals surface area contributed by atoms with Gasteiger partial charge in [0.15, 0.2) is 0 Å². The van der Waals surface area contributed by atoms with Gasteiger partial charge in [0.1, 0.15) is 0 Å². The summed E-state index contributed by atoms with van der Waals surface area (Å²) in [6, 6.07) is 4.15. The maximum atomic E-state index is 12.2. The van der Waals surface area contributed by atoms with E-state index in [2.05, 4.69) is 11.4 Å². The zero-order valence-electron chi connectivity index (χ0n) is 10.7. The summed E-state index contributed by atoms with van der Waals surface area (Å²) in [6.45, 7) is 0.762. The monoisotopic (exact) mass is 288 g/mol. The summed E-state index contributed by atoms with van der Waals surface area (Å²) in [4.78, 5) is 15.3. The molecule has 2 N–H and O–H groups in total. The normalized spacial score (nSPS) is 17.2. The molecule has 1 amide bonds. The fourth-order valence-electron chi connectivity index (χ4n) is 2.43. The lowest BCUT2D eigenvalue weighted by Crippen LogP contribution is -2.52. The van der Waals surface area contributed by atoms with Crippen LogP contribution in [0.4, 0.5) is 0 Å². The number of hydrogen-bond acceptors (Lipinski definition) is 3. The minimum absolute atomic E-state index is 0.